The van der Waals surface area contributed by atoms with Gasteiger partial charge in [-0.25, -0.2) is 0 Å². The predicted octanol–water partition coefficient (Wildman–Crippen LogP) is 5.64. The van der Waals surface area contributed by atoms with Crippen molar-refractivity contribution in [2.24, 2.45) is 0 Å². The Morgan fingerprint density at radius 1 is 1.07 bits per heavy atom. The number of nitrogens with one attached hydrogen (secondary N) is 1. The van der Waals surface area contributed by atoms with Crippen molar-refractivity contribution in [2.45, 2.75) is 34.3 Å². The number of amides is 1. The van der Waals surface area contributed by atoms with Crippen molar-refractivity contribution >= 4 is 17.7 Å². The number of nitrogens with zero attached hydrogens (tertiary/aromatic N) is 1. The second-order valence-electron chi connectivity index (χ2n) is 7.26. The van der Waals surface area contributed by atoms with E-state index in [2.05, 4.69) is 5.32 Å². The number of rotatable bonds is 6. The lowest BCUT2D eigenvalue weighted by atomic mass is 10.0. The first-order chi connectivity index (χ1) is 14.4. The lowest BCUT2D eigenvalue weighted by Gasteiger charge is -2.12. The minimum absolute atomic E-state index is 0.0323. The van der Waals surface area contributed by atoms with Crippen LogP contribution in [0.5, 0.6) is 5.75 Å². The Morgan fingerprint density at radius 2 is 1.77 bits per heavy atom. The third-order valence-corrected chi connectivity index (χ3v) is 4.71. The highest BCUT2D eigenvalue weighted by molar-refractivity contribution is 6.10. The van der Waals surface area contributed by atoms with Gasteiger partial charge in [0.25, 0.3) is 5.91 Å². The summed E-state index contributed by atoms with van der Waals surface area (Å²) in [5.74, 6) is 1.34. The van der Waals surface area contributed by atoms with Crippen LogP contribution in [0.3, 0.4) is 0 Å². The molecule has 0 spiro atoms. The molecule has 0 aliphatic rings. The maximum atomic E-state index is 12.6. The molecule has 152 valence electrons. The van der Waals surface area contributed by atoms with Crippen molar-refractivity contribution in [1.82, 2.24) is 0 Å². The molecule has 0 bridgehead atoms. The van der Waals surface area contributed by atoms with Crippen LogP contribution in [0, 0.1) is 39.0 Å². The summed E-state index contributed by atoms with van der Waals surface area (Å²) in [4.78, 5) is 12.6. The summed E-state index contributed by atoms with van der Waals surface area (Å²) in [5, 5.41) is 12.3. The smallest absolute Gasteiger partial charge is 0.266 e. The van der Waals surface area contributed by atoms with E-state index in [1.807, 2.05) is 70.2 Å². The van der Waals surface area contributed by atoms with Crippen LogP contribution in [0.1, 0.15) is 33.8 Å². The normalized spacial score (nSPS) is 11.1. The van der Waals surface area contributed by atoms with Gasteiger partial charge in [0.2, 0.25) is 0 Å². The summed E-state index contributed by atoms with van der Waals surface area (Å²) in [7, 11) is 0. The molecule has 1 heterocycles. The molecule has 1 aromatic heterocycles. The van der Waals surface area contributed by atoms with Crippen molar-refractivity contribution < 1.29 is 13.9 Å². The first kappa shape index (κ1) is 20.9. The average molecular weight is 400 g/mol. The second kappa shape index (κ2) is 9.15. The van der Waals surface area contributed by atoms with Gasteiger partial charge in [0, 0.05) is 11.8 Å². The number of anilines is 1. The molecule has 0 atom stereocenters. The van der Waals surface area contributed by atoms with Gasteiger partial charge in [-0.15, -0.1) is 0 Å². The largest absolute Gasteiger partial charge is 0.485 e. The molecule has 0 aliphatic heterocycles. The standard InChI is InChI=1S/C25H24N2O3/c1-16-11-18(3)24(19(4)12-16)27-25(28)20(14-26)13-21-9-10-22(30-21)15-29-23-8-6-5-7-17(23)2/h5-13H,15H2,1-4H3,(H,27,28)/b20-13+. The van der Waals surface area contributed by atoms with Gasteiger partial charge in [0.15, 0.2) is 0 Å². The third kappa shape index (κ3) is 4.98. The van der Waals surface area contributed by atoms with E-state index in [0.29, 0.717) is 11.5 Å². The van der Waals surface area contributed by atoms with Crippen LogP contribution in [-0.4, -0.2) is 5.91 Å². The fourth-order valence-corrected chi connectivity index (χ4v) is 3.27. The summed E-state index contributed by atoms with van der Waals surface area (Å²) in [6, 6.07) is 17.1. The lowest BCUT2D eigenvalue weighted by molar-refractivity contribution is -0.112. The first-order valence-corrected chi connectivity index (χ1v) is 9.65. The number of carbonyl (C=O) groups is 1. The fraction of sp³-hybridized carbons (Fsp3) is 0.200. The number of para-hydroxylation sites is 1. The van der Waals surface area contributed by atoms with Gasteiger partial charge in [0.1, 0.15) is 35.5 Å². The highest BCUT2D eigenvalue weighted by atomic mass is 16.5. The van der Waals surface area contributed by atoms with Crippen molar-refractivity contribution in [1.29, 1.82) is 5.26 Å². The highest BCUT2D eigenvalue weighted by Gasteiger charge is 2.14. The van der Waals surface area contributed by atoms with Gasteiger partial charge in [-0.1, -0.05) is 35.9 Å². The molecule has 2 aromatic carbocycles. The van der Waals surface area contributed by atoms with Crippen LogP contribution >= 0.6 is 0 Å². The van der Waals surface area contributed by atoms with Crippen molar-refractivity contribution in [2.75, 3.05) is 5.32 Å². The SMILES string of the molecule is Cc1cc(C)c(NC(=O)/C(C#N)=C/c2ccc(COc3ccccc3C)o2)c(C)c1. The Bertz CT molecular complexity index is 1130. The molecule has 0 unspecified atom stereocenters. The van der Waals surface area contributed by atoms with E-state index < -0.39 is 5.91 Å². The zero-order valence-electron chi connectivity index (χ0n) is 17.6. The minimum Gasteiger partial charge on any atom is -0.485 e. The second-order valence-corrected chi connectivity index (χ2v) is 7.26. The number of furan rings is 1. The zero-order chi connectivity index (χ0) is 21.7. The molecular weight excluding hydrogens is 376 g/mol. The average Bonchev–Trinajstić information content (AvgIpc) is 3.15. The Labute approximate surface area is 176 Å². The summed E-state index contributed by atoms with van der Waals surface area (Å²) in [6.45, 7) is 8.09. The van der Waals surface area contributed by atoms with Gasteiger partial charge < -0.3 is 14.5 Å². The van der Waals surface area contributed by atoms with E-state index in [-0.39, 0.29) is 12.2 Å². The van der Waals surface area contributed by atoms with E-state index >= 15 is 0 Å². The highest BCUT2D eigenvalue weighted by Crippen LogP contribution is 2.23. The van der Waals surface area contributed by atoms with Crippen LogP contribution in [0.2, 0.25) is 0 Å². The van der Waals surface area contributed by atoms with Gasteiger partial charge >= 0.3 is 0 Å². The number of hydrogen-bond donors (Lipinski definition) is 1. The molecule has 0 aliphatic carbocycles. The number of nitriles is 1. The van der Waals surface area contributed by atoms with E-state index in [0.717, 1.165) is 33.7 Å². The van der Waals surface area contributed by atoms with Gasteiger partial charge in [-0.2, -0.15) is 5.26 Å². The third-order valence-electron chi connectivity index (χ3n) is 4.71. The molecule has 0 saturated carbocycles. The number of ether oxygens (including phenoxy) is 1. The van der Waals surface area contributed by atoms with Crippen molar-refractivity contribution in [3.63, 3.8) is 0 Å². The van der Waals surface area contributed by atoms with Gasteiger partial charge in [-0.05, 0) is 62.6 Å². The van der Waals surface area contributed by atoms with Crippen molar-refractivity contribution in [3.05, 3.63) is 87.9 Å². The van der Waals surface area contributed by atoms with Crippen LogP contribution in [0.25, 0.3) is 6.08 Å². The molecule has 30 heavy (non-hydrogen) atoms. The van der Waals surface area contributed by atoms with Crippen LogP contribution < -0.4 is 10.1 Å². The van der Waals surface area contributed by atoms with Crippen molar-refractivity contribution in [3.8, 4) is 11.8 Å². The monoisotopic (exact) mass is 400 g/mol. The van der Waals surface area contributed by atoms with E-state index in [1.54, 1.807) is 12.1 Å². The number of hydrogen-bond acceptors (Lipinski definition) is 4. The van der Waals surface area contributed by atoms with Crippen LogP contribution in [-0.2, 0) is 11.4 Å². The Kier molecular flexibility index (Phi) is 6.38. The molecule has 1 N–H and O–H groups in total. The van der Waals surface area contributed by atoms with Gasteiger partial charge in [0.05, 0.1) is 0 Å². The topological polar surface area (TPSA) is 75.3 Å². The number of benzene rings is 2. The van der Waals surface area contributed by atoms with E-state index in [1.165, 1.54) is 6.08 Å². The first-order valence-electron chi connectivity index (χ1n) is 9.65. The molecule has 5 heteroatoms. The summed E-state index contributed by atoms with van der Waals surface area (Å²) < 4.78 is 11.5. The molecule has 0 fully saturated rings. The molecule has 0 radical (unpaired) electrons. The molecule has 5 nitrogen and oxygen atoms in total. The molecule has 3 aromatic rings. The molecular formula is C25H24N2O3. The summed E-state index contributed by atoms with van der Waals surface area (Å²) in [6.07, 6.45) is 1.44. The molecule has 1 amide bonds. The van der Waals surface area contributed by atoms with E-state index in [9.17, 15) is 10.1 Å². The zero-order valence-corrected chi connectivity index (χ0v) is 17.6. The maximum absolute atomic E-state index is 12.6. The summed E-state index contributed by atoms with van der Waals surface area (Å²) >= 11 is 0. The Hall–Kier alpha value is -3.78. The predicted molar refractivity (Wildman–Crippen MR) is 117 cm³/mol. The van der Waals surface area contributed by atoms with Crippen LogP contribution in [0.15, 0.2) is 58.5 Å². The molecule has 3 rings (SSSR count). The Morgan fingerprint density at radius 3 is 2.43 bits per heavy atom. The maximum Gasteiger partial charge on any atom is 0.266 e. The lowest BCUT2D eigenvalue weighted by Crippen LogP contribution is -2.15. The Balaban J connectivity index is 1.71. The van der Waals surface area contributed by atoms with Crippen LogP contribution in [0.4, 0.5) is 5.69 Å². The minimum atomic E-state index is -0.471. The molecule has 0 saturated heterocycles. The number of aryl methyl sites for hydroxylation is 4. The van der Waals surface area contributed by atoms with E-state index in [4.69, 9.17) is 9.15 Å². The number of carbonyl (C=O) groups excluding carboxylic acids is 1. The van der Waals surface area contributed by atoms with Gasteiger partial charge in [-0.3, -0.25) is 4.79 Å². The quantitative estimate of drug-likeness (QED) is 0.429. The fourth-order valence-electron chi connectivity index (χ4n) is 3.27. The summed E-state index contributed by atoms with van der Waals surface area (Å²) in [5.41, 5.74) is 4.75.